The van der Waals surface area contributed by atoms with Crippen LogP contribution in [0.1, 0.15) is 28.8 Å². The molecule has 4 aromatic rings. The third-order valence-corrected chi connectivity index (χ3v) is 5.66. The highest BCUT2D eigenvalue weighted by atomic mass is 19.4. The molecule has 0 radical (unpaired) electrons. The second-order valence-electron chi connectivity index (χ2n) is 7.62. The molecule has 33 heavy (non-hydrogen) atoms. The van der Waals surface area contributed by atoms with E-state index in [2.05, 4.69) is 15.1 Å². The normalized spacial score (nSPS) is 16.2. The Morgan fingerprint density at radius 2 is 1.76 bits per heavy atom. The largest absolute Gasteiger partial charge is 0.503 e. The molecule has 168 valence electrons. The summed E-state index contributed by atoms with van der Waals surface area (Å²) in [5.74, 6) is -1.31. The zero-order valence-corrected chi connectivity index (χ0v) is 16.7. The fraction of sp³-hybridized carbons (Fsp3) is 0.182. The van der Waals surface area contributed by atoms with Gasteiger partial charge in [-0.05, 0) is 29.3 Å². The molecule has 4 heterocycles. The van der Waals surface area contributed by atoms with Crippen molar-refractivity contribution in [3.8, 4) is 17.3 Å². The lowest BCUT2D eigenvalue weighted by Gasteiger charge is -2.34. The van der Waals surface area contributed by atoms with E-state index in [1.165, 1.54) is 41.2 Å². The fourth-order valence-electron chi connectivity index (χ4n) is 4.18. The number of benzene rings is 1. The number of aromatic nitrogens is 5. The van der Waals surface area contributed by atoms with Crippen molar-refractivity contribution in [1.29, 1.82) is 0 Å². The second kappa shape index (κ2) is 7.54. The van der Waals surface area contributed by atoms with Crippen LogP contribution in [0.25, 0.3) is 11.5 Å². The Labute approximate surface area is 183 Å². The van der Waals surface area contributed by atoms with Crippen molar-refractivity contribution < 1.29 is 22.7 Å². The van der Waals surface area contributed by atoms with Crippen LogP contribution >= 0.6 is 0 Å². The number of imidazole rings is 1. The predicted molar refractivity (Wildman–Crippen MR) is 108 cm³/mol. The fourth-order valence-corrected chi connectivity index (χ4v) is 4.18. The number of pyridine rings is 1. The molecule has 0 saturated carbocycles. The van der Waals surface area contributed by atoms with Gasteiger partial charge in [0.05, 0.1) is 12.2 Å². The number of fused-ring (bicyclic) bond motifs is 3. The van der Waals surface area contributed by atoms with Crippen molar-refractivity contribution in [1.82, 2.24) is 24.3 Å². The lowest BCUT2D eigenvalue weighted by Crippen LogP contribution is -2.32. The van der Waals surface area contributed by atoms with E-state index in [0.29, 0.717) is 17.0 Å². The van der Waals surface area contributed by atoms with Crippen LogP contribution in [0.15, 0.2) is 66.0 Å². The molecule has 1 aliphatic rings. The van der Waals surface area contributed by atoms with Crippen molar-refractivity contribution in [3.05, 3.63) is 94.0 Å². The third-order valence-electron chi connectivity index (χ3n) is 5.66. The van der Waals surface area contributed by atoms with E-state index >= 15 is 0 Å². The molecular weight excluding hydrogens is 442 g/mol. The van der Waals surface area contributed by atoms with Crippen molar-refractivity contribution >= 4 is 0 Å². The van der Waals surface area contributed by atoms with Gasteiger partial charge < -0.3 is 9.67 Å². The number of aromatic hydroxyl groups is 1. The van der Waals surface area contributed by atoms with Crippen LogP contribution in [0.2, 0.25) is 0 Å². The van der Waals surface area contributed by atoms with Crippen LogP contribution in [0, 0.1) is 5.82 Å². The van der Waals surface area contributed by atoms with Gasteiger partial charge in [-0.3, -0.25) is 14.5 Å². The number of hydrogen-bond donors (Lipinski definition) is 1. The lowest BCUT2D eigenvalue weighted by molar-refractivity contribution is -0.141. The standard InChI is InChI=1S/C22H15F4N5O2/c23-14-4-1-12(2-5-14)18(13-3-6-17(28-9-13)22(24,25)26)15-11-30-8-7-27-21(30)19-20(33)16(32)10-29-31(15)19/h1-10,15,18,33H,11H2/t15-,18?/m1/s1. The molecule has 0 amide bonds. The minimum Gasteiger partial charge on any atom is -0.503 e. The van der Waals surface area contributed by atoms with E-state index < -0.39 is 40.8 Å². The maximum absolute atomic E-state index is 13.6. The number of halogens is 4. The Hall–Kier alpha value is -4.02. The zero-order valence-electron chi connectivity index (χ0n) is 16.7. The maximum atomic E-state index is 13.6. The van der Waals surface area contributed by atoms with Crippen molar-refractivity contribution in [2.24, 2.45) is 0 Å². The minimum atomic E-state index is -4.60. The highest BCUT2D eigenvalue weighted by Gasteiger charge is 2.37. The Morgan fingerprint density at radius 3 is 2.42 bits per heavy atom. The van der Waals surface area contributed by atoms with Crippen molar-refractivity contribution in [2.75, 3.05) is 0 Å². The highest BCUT2D eigenvalue weighted by molar-refractivity contribution is 5.60. The third kappa shape index (κ3) is 3.55. The van der Waals surface area contributed by atoms with Gasteiger partial charge in [-0.2, -0.15) is 18.3 Å². The predicted octanol–water partition coefficient (Wildman–Crippen LogP) is 3.75. The van der Waals surface area contributed by atoms with Crippen LogP contribution in [0.3, 0.4) is 0 Å². The van der Waals surface area contributed by atoms with Gasteiger partial charge in [0.25, 0.3) is 0 Å². The molecule has 0 aliphatic carbocycles. The molecule has 1 N–H and O–H groups in total. The Morgan fingerprint density at radius 1 is 1.03 bits per heavy atom. The summed E-state index contributed by atoms with van der Waals surface area (Å²) < 4.78 is 56.0. The summed E-state index contributed by atoms with van der Waals surface area (Å²) in [6.07, 6.45) is 0.667. The minimum absolute atomic E-state index is 0.0933. The number of rotatable bonds is 3. The molecule has 1 unspecified atom stereocenters. The van der Waals surface area contributed by atoms with E-state index in [9.17, 15) is 27.5 Å². The van der Waals surface area contributed by atoms with Crippen LogP contribution in [0.4, 0.5) is 17.6 Å². The van der Waals surface area contributed by atoms with Crippen molar-refractivity contribution in [2.45, 2.75) is 24.7 Å². The second-order valence-corrected chi connectivity index (χ2v) is 7.62. The summed E-state index contributed by atoms with van der Waals surface area (Å²) in [7, 11) is 0. The summed E-state index contributed by atoms with van der Waals surface area (Å²) >= 11 is 0. The van der Waals surface area contributed by atoms with Gasteiger partial charge in [0.1, 0.15) is 17.2 Å². The number of alkyl halides is 3. The summed E-state index contributed by atoms with van der Waals surface area (Å²) in [5.41, 5.74) is -0.613. The quantitative estimate of drug-likeness (QED) is 0.474. The van der Waals surface area contributed by atoms with E-state index in [1.54, 1.807) is 10.8 Å². The SMILES string of the molecule is O=c1cnn2c(c1O)-c1nccn1C[C@@H]2C(c1ccc(F)cc1)c1ccc(C(F)(F)F)nc1. The molecule has 7 nitrogen and oxygen atoms in total. The van der Waals surface area contributed by atoms with E-state index in [0.717, 1.165) is 18.5 Å². The van der Waals surface area contributed by atoms with E-state index in [4.69, 9.17) is 0 Å². The smallest absolute Gasteiger partial charge is 0.433 e. The number of hydrogen-bond acceptors (Lipinski definition) is 5. The van der Waals surface area contributed by atoms with Gasteiger partial charge in [-0.1, -0.05) is 18.2 Å². The molecule has 11 heteroatoms. The number of nitrogens with zero attached hydrogens (tertiary/aromatic N) is 5. The molecule has 0 bridgehead atoms. The zero-order chi connectivity index (χ0) is 23.3. The molecular formula is C22H15F4N5O2. The molecule has 3 aromatic heterocycles. The first-order chi connectivity index (χ1) is 15.7. The summed E-state index contributed by atoms with van der Waals surface area (Å²) in [6.45, 7) is 0.278. The maximum Gasteiger partial charge on any atom is 0.433 e. The molecule has 0 spiro atoms. The Balaban J connectivity index is 1.71. The van der Waals surface area contributed by atoms with Crippen LogP contribution < -0.4 is 5.43 Å². The average molecular weight is 457 g/mol. The van der Waals surface area contributed by atoms with Crippen LogP contribution in [0.5, 0.6) is 5.75 Å². The molecule has 0 fully saturated rings. The summed E-state index contributed by atoms with van der Waals surface area (Å²) in [5, 5.41) is 14.7. The van der Waals surface area contributed by atoms with E-state index in [-0.39, 0.29) is 12.2 Å². The van der Waals surface area contributed by atoms with E-state index in [1.807, 2.05) is 0 Å². The van der Waals surface area contributed by atoms with Gasteiger partial charge >= 0.3 is 6.18 Å². The van der Waals surface area contributed by atoms with Crippen LogP contribution in [-0.2, 0) is 12.7 Å². The topological polar surface area (TPSA) is 85.8 Å². The molecule has 1 aromatic carbocycles. The molecule has 1 aliphatic heterocycles. The van der Waals surface area contributed by atoms with Crippen molar-refractivity contribution in [3.63, 3.8) is 0 Å². The van der Waals surface area contributed by atoms with Gasteiger partial charge in [0.2, 0.25) is 5.43 Å². The average Bonchev–Trinajstić information content (AvgIpc) is 3.26. The monoisotopic (exact) mass is 457 g/mol. The first-order valence-corrected chi connectivity index (χ1v) is 9.85. The molecule has 5 rings (SSSR count). The Bertz CT molecular complexity index is 1380. The summed E-state index contributed by atoms with van der Waals surface area (Å²) in [4.78, 5) is 19.9. The highest BCUT2D eigenvalue weighted by Crippen LogP contribution is 2.42. The van der Waals surface area contributed by atoms with Gasteiger partial charge in [-0.25, -0.2) is 9.37 Å². The first-order valence-electron chi connectivity index (χ1n) is 9.85. The van der Waals surface area contributed by atoms with Gasteiger partial charge in [-0.15, -0.1) is 0 Å². The van der Waals surface area contributed by atoms with Gasteiger partial charge in [0.15, 0.2) is 11.6 Å². The lowest BCUT2D eigenvalue weighted by atomic mass is 9.84. The Kier molecular flexibility index (Phi) is 4.76. The first kappa shape index (κ1) is 20.9. The molecule has 2 atom stereocenters. The van der Waals surface area contributed by atoms with Crippen LogP contribution in [-0.4, -0.2) is 29.4 Å². The van der Waals surface area contributed by atoms with Gasteiger partial charge in [0, 0.05) is 31.1 Å². The summed E-state index contributed by atoms with van der Waals surface area (Å²) in [6, 6.07) is 7.17. The molecule has 0 saturated heterocycles.